The van der Waals surface area contributed by atoms with Gasteiger partial charge in [0.2, 0.25) is 0 Å². The Bertz CT molecular complexity index is 638. The fourth-order valence-corrected chi connectivity index (χ4v) is 4.02. The first-order valence-electron chi connectivity index (χ1n) is 5.60. The Balaban J connectivity index is 2.19. The number of ketones is 1. The number of carbonyl (C=O) groups excluding carboxylic acids is 1. The maximum absolute atomic E-state index is 11.4. The van der Waals surface area contributed by atoms with Crippen molar-refractivity contribution in [3.8, 4) is 0 Å². The van der Waals surface area contributed by atoms with Crippen molar-refractivity contribution in [2.75, 3.05) is 0 Å². The molecule has 0 bridgehead atoms. The highest BCUT2D eigenvalue weighted by molar-refractivity contribution is 9.10. The van der Waals surface area contributed by atoms with Crippen LogP contribution in [0.15, 0.2) is 33.6 Å². The van der Waals surface area contributed by atoms with E-state index in [0.717, 1.165) is 20.7 Å². The number of carbonyl (C=O) groups is 2. The predicted molar refractivity (Wildman–Crippen MR) is 82.8 cm³/mol. The number of thiazole rings is 1. The van der Waals surface area contributed by atoms with Gasteiger partial charge >= 0.3 is 5.97 Å². The van der Waals surface area contributed by atoms with Crippen LogP contribution in [0.1, 0.15) is 32.1 Å². The van der Waals surface area contributed by atoms with Crippen LogP contribution in [0.5, 0.6) is 0 Å². The lowest BCUT2D eigenvalue weighted by Crippen LogP contribution is -2.03. The number of Topliss-reactive ketones (excluding diaryl/α,β-unsaturated/α-hetero) is 1. The Labute approximate surface area is 132 Å². The second-order valence-corrected chi connectivity index (χ2v) is 6.82. The summed E-state index contributed by atoms with van der Waals surface area (Å²) >= 11 is 6.14. The van der Waals surface area contributed by atoms with Crippen LogP contribution in [0.25, 0.3) is 0 Å². The fourth-order valence-electron chi connectivity index (χ4n) is 1.51. The first-order valence-corrected chi connectivity index (χ1v) is 8.20. The van der Waals surface area contributed by atoms with Gasteiger partial charge in [-0.25, -0.2) is 9.78 Å². The van der Waals surface area contributed by atoms with Crippen LogP contribution in [0.3, 0.4) is 0 Å². The number of halogens is 1. The van der Waals surface area contributed by atoms with E-state index in [9.17, 15) is 9.59 Å². The number of aromatic carboxylic acids is 1. The summed E-state index contributed by atoms with van der Waals surface area (Å²) in [4.78, 5) is 27.7. The number of hydrogen-bond acceptors (Lipinski definition) is 5. The zero-order valence-corrected chi connectivity index (χ0v) is 13.6. The minimum Gasteiger partial charge on any atom is -0.476 e. The highest BCUT2D eigenvalue weighted by Gasteiger charge is 2.20. The number of thioether (sulfide) groups is 1. The number of hydrogen-bond donors (Lipinski definition) is 1. The molecule has 20 heavy (non-hydrogen) atoms. The van der Waals surface area contributed by atoms with Crippen molar-refractivity contribution in [2.45, 2.75) is 17.6 Å². The Morgan fingerprint density at radius 1 is 1.40 bits per heavy atom. The van der Waals surface area contributed by atoms with Crippen molar-refractivity contribution in [1.29, 1.82) is 0 Å². The van der Waals surface area contributed by atoms with Gasteiger partial charge in [-0.05, 0) is 28.1 Å². The maximum Gasteiger partial charge on any atom is 0.356 e. The van der Waals surface area contributed by atoms with E-state index in [4.69, 9.17) is 5.11 Å². The number of carboxylic acids is 1. The second-order valence-electron chi connectivity index (χ2n) is 3.87. The molecule has 0 amide bonds. The van der Waals surface area contributed by atoms with Gasteiger partial charge in [0.15, 0.2) is 11.5 Å². The fraction of sp³-hybridized carbons (Fsp3) is 0.154. The molecule has 7 heteroatoms. The van der Waals surface area contributed by atoms with Gasteiger partial charge < -0.3 is 5.11 Å². The van der Waals surface area contributed by atoms with Crippen LogP contribution < -0.4 is 0 Å². The third kappa shape index (κ3) is 3.47. The summed E-state index contributed by atoms with van der Waals surface area (Å²) in [5.41, 5.74) is -0.148. The number of carboxylic acid groups (broad SMARTS) is 1. The van der Waals surface area contributed by atoms with Crippen molar-refractivity contribution in [2.24, 2.45) is 0 Å². The molecule has 0 saturated heterocycles. The molecule has 0 fully saturated rings. The lowest BCUT2D eigenvalue weighted by atomic mass is 10.3. The lowest BCUT2D eigenvalue weighted by molar-refractivity contribution is 0.0687. The molecule has 0 unspecified atom stereocenters. The van der Waals surface area contributed by atoms with Gasteiger partial charge in [0, 0.05) is 16.3 Å². The molecule has 0 aliphatic rings. The molecular weight excluding hydrogens is 362 g/mol. The Kier molecular flexibility index (Phi) is 4.95. The Morgan fingerprint density at radius 2 is 2.10 bits per heavy atom. The Morgan fingerprint density at radius 3 is 2.65 bits per heavy atom. The third-order valence-electron chi connectivity index (χ3n) is 2.38. The number of benzene rings is 1. The number of aromatic nitrogens is 1. The molecule has 0 radical (unpaired) electrons. The maximum atomic E-state index is 11.4. The van der Waals surface area contributed by atoms with Crippen LogP contribution in [-0.2, 0) is 5.75 Å². The number of rotatable bonds is 5. The second kappa shape index (κ2) is 6.51. The molecule has 0 spiro atoms. The monoisotopic (exact) mass is 371 g/mol. The summed E-state index contributed by atoms with van der Waals surface area (Å²) in [6.07, 6.45) is 0. The molecule has 2 rings (SSSR count). The zero-order valence-electron chi connectivity index (χ0n) is 10.4. The molecule has 1 aromatic heterocycles. The first kappa shape index (κ1) is 15.2. The minimum atomic E-state index is -1.16. The zero-order chi connectivity index (χ0) is 14.7. The van der Waals surface area contributed by atoms with Crippen LogP contribution in [0.2, 0.25) is 0 Å². The summed E-state index contributed by atoms with van der Waals surface area (Å²) in [5, 5.41) is 9.67. The van der Waals surface area contributed by atoms with Gasteiger partial charge in [0.05, 0.1) is 5.75 Å². The molecule has 0 saturated carbocycles. The molecule has 0 aliphatic heterocycles. The van der Waals surface area contributed by atoms with Crippen molar-refractivity contribution in [1.82, 2.24) is 4.98 Å². The smallest absolute Gasteiger partial charge is 0.356 e. The molecule has 2 aromatic rings. The molecule has 1 N–H and O–H groups in total. The van der Waals surface area contributed by atoms with Gasteiger partial charge in [-0.2, -0.15) is 0 Å². The molecule has 104 valence electrons. The van der Waals surface area contributed by atoms with Crippen molar-refractivity contribution < 1.29 is 14.7 Å². The molecule has 0 atom stereocenters. The van der Waals surface area contributed by atoms with Gasteiger partial charge in [-0.3, -0.25) is 4.79 Å². The van der Waals surface area contributed by atoms with E-state index in [1.54, 1.807) is 11.8 Å². The van der Waals surface area contributed by atoms with Gasteiger partial charge in [-0.1, -0.05) is 12.1 Å². The predicted octanol–water partition coefficient (Wildman–Crippen LogP) is 4.10. The third-order valence-corrected chi connectivity index (χ3v) is 5.76. The number of nitrogens with zero attached hydrogens (tertiary/aromatic N) is 1. The van der Waals surface area contributed by atoms with Gasteiger partial charge in [0.25, 0.3) is 0 Å². The van der Waals surface area contributed by atoms with E-state index in [0.29, 0.717) is 10.8 Å². The van der Waals surface area contributed by atoms with Crippen LogP contribution >= 0.6 is 39.0 Å². The van der Waals surface area contributed by atoms with Gasteiger partial charge in [0.1, 0.15) is 9.88 Å². The van der Waals surface area contributed by atoms with E-state index in [1.807, 2.05) is 24.3 Å². The topological polar surface area (TPSA) is 67.3 Å². The van der Waals surface area contributed by atoms with Crippen molar-refractivity contribution >= 4 is 50.8 Å². The molecular formula is C13H10BrNO3S2. The van der Waals surface area contributed by atoms with Gasteiger partial charge in [-0.15, -0.1) is 23.1 Å². The SMILES string of the molecule is CC(=O)c1sc(CSc2ccccc2Br)nc1C(=O)O. The Hall–Kier alpha value is -1.18. The summed E-state index contributed by atoms with van der Waals surface area (Å²) in [7, 11) is 0. The average molecular weight is 372 g/mol. The summed E-state index contributed by atoms with van der Waals surface area (Å²) in [5.74, 6) is -0.901. The highest BCUT2D eigenvalue weighted by atomic mass is 79.9. The summed E-state index contributed by atoms with van der Waals surface area (Å²) < 4.78 is 0.979. The molecule has 4 nitrogen and oxygen atoms in total. The van der Waals surface area contributed by atoms with E-state index in [1.165, 1.54) is 6.92 Å². The average Bonchev–Trinajstić information content (AvgIpc) is 2.82. The van der Waals surface area contributed by atoms with Crippen molar-refractivity contribution in [3.63, 3.8) is 0 Å². The van der Waals surface area contributed by atoms with E-state index >= 15 is 0 Å². The molecule has 1 aromatic carbocycles. The minimum absolute atomic E-state index is 0.148. The highest BCUT2D eigenvalue weighted by Crippen LogP contribution is 2.31. The molecule has 1 heterocycles. The van der Waals surface area contributed by atoms with E-state index in [-0.39, 0.29) is 16.4 Å². The molecule has 0 aliphatic carbocycles. The summed E-state index contributed by atoms with van der Waals surface area (Å²) in [6.45, 7) is 1.35. The lowest BCUT2D eigenvalue weighted by Gasteiger charge is -2.01. The van der Waals surface area contributed by atoms with E-state index < -0.39 is 5.97 Å². The van der Waals surface area contributed by atoms with E-state index in [2.05, 4.69) is 20.9 Å². The first-order chi connectivity index (χ1) is 9.49. The standard InChI is InChI=1S/C13H10BrNO3S2/c1-7(16)12-11(13(17)18)15-10(20-12)6-19-9-5-3-2-4-8(9)14/h2-5H,6H2,1H3,(H,17,18). The largest absolute Gasteiger partial charge is 0.476 e. The quantitative estimate of drug-likeness (QED) is 0.632. The van der Waals surface area contributed by atoms with Crippen LogP contribution in [0.4, 0.5) is 0 Å². The van der Waals surface area contributed by atoms with Crippen LogP contribution in [0, 0.1) is 0 Å². The van der Waals surface area contributed by atoms with Crippen molar-refractivity contribution in [3.05, 3.63) is 44.3 Å². The normalized spacial score (nSPS) is 10.5. The van der Waals surface area contributed by atoms with Crippen LogP contribution in [-0.4, -0.2) is 21.8 Å². The summed E-state index contributed by atoms with van der Waals surface area (Å²) in [6, 6.07) is 7.76.